The zero-order valence-corrected chi connectivity index (χ0v) is 13.2. The molecule has 1 aromatic carbocycles. The Bertz CT molecular complexity index is 692. The summed E-state index contributed by atoms with van der Waals surface area (Å²) in [4.78, 5) is 14.9. The molecule has 7 heteroatoms. The molecule has 0 spiro atoms. The standard InChI is InChI=1S/C14H11Cl3N2O2/c1-7(10-3-2-9(15)5-11(10)16)19-13-12(17)4-8(6-18-13)14(20)21/h2-7H,1H3,(H,18,19)(H,20,21). The topological polar surface area (TPSA) is 62.2 Å². The normalized spacial score (nSPS) is 12.0. The number of nitrogens with zero attached hydrogens (tertiary/aromatic N) is 1. The summed E-state index contributed by atoms with van der Waals surface area (Å²) in [5, 5.41) is 13.3. The molecule has 1 aromatic heterocycles. The first-order chi connectivity index (χ1) is 9.88. The van der Waals surface area contributed by atoms with E-state index in [-0.39, 0.29) is 16.6 Å². The maximum absolute atomic E-state index is 10.8. The average Bonchev–Trinajstić information content (AvgIpc) is 2.40. The number of aromatic carboxylic acids is 1. The number of anilines is 1. The maximum Gasteiger partial charge on any atom is 0.337 e. The summed E-state index contributed by atoms with van der Waals surface area (Å²) in [6.45, 7) is 1.89. The van der Waals surface area contributed by atoms with Crippen molar-refractivity contribution < 1.29 is 9.90 Å². The van der Waals surface area contributed by atoms with Gasteiger partial charge in [-0.25, -0.2) is 9.78 Å². The van der Waals surface area contributed by atoms with Gasteiger partial charge in [-0.1, -0.05) is 40.9 Å². The van der Waals surface area contributed by atoms with Crippen LogP contribution in [-0.4, -0.2) is 16.1 Å². The highest BCUT2D eigenvalue weighted by molar-refractivity contribution is 6.35. The lowest BCUT2D eigenvalue weighted by atomic mass is 10.1. The van der Waals surface area contributed by atoms with Gasteiger partial charge >= 0.3 is 5.97 Å². The predicted molar refractivity (Wildman–Crippen MR) is 84.7 cm³/mol. The summed E-state index contributed by atoms with van der Waals surface area (Å²) < 4.78 is 0. The van der Waals surface area contributed by atoms with E-state index in [0.29, 0.717) is 15.9 Å². The molecule has 2 N–H and O–H groups in total. The van der Waals surface area contributed by atoms with Crippen molar-refractivity contribution in [3.63, 3.8) is 0 Å². The van der Waals surface area contributed by atoms with Gasteiger partial charge in [-0.05, 0) is 30.7 Å². The highest BCUT2D eigenvalue weighted by Crippen LogP contribution is 2.30. The summed E-state index contributed by atoms with van der Waals surface area (Å²) in [5.41, 5.74) is 0.865. The summed E-state index contributed by atoms with van der Waals surface area (Å²) in [5.74, 6) is -0.690. The third kappa shape index (κ3) is 3.79. The van der Waals surface area contributed by atoms with Gasteiger partial charge in [-0.15, -0.1) is 0 Å². The Balaban J connectivity index is 2.23. The molecule has 21 heavy (non-hydrogen) atoms. The Hall–Kier alpha value is -1.49. The number of carboxylic acids is 1. The van der Waals surface area contributed by atoms with Gasteiger partial charge in [0.25, 0.3) is 0 Å². The van der Waals surface area contributed by atoms with Crippen molar-refractivity contribution in [3.05, 3.63) is 56.7 Å². The lowest BCUT2D eigenvalue weighted by Crippen LogP contribution is -2.09. The lowest BCUT2D eigenvalue weighted by molar-refractivity contribution is 0.0696. The minimum absolute atomic E-state index is 0.0303. The minimum atomic E-state index is -1.08. The molecule has 0 saturated heterocycles. The zero-order valence-electron chi connectivity index (χ0n) is 10.9. The molecule has 0 aliphatic heterocycles. The van der Waals surface area contributed by atoms with Gasteiger partial charge < -0.3 is 10.4 Å². The van der Waals surface area contributed by atoms with E-state index in [1.54, 1.807) is 12.1 Å². The third-order valence-corrected chi connectivity index (χ3v) is 3.72. The largest absolute Gasteiger partial charge is 0.478 e. The van der Waals surface area contributed by atoms with Crippen LogP contribution in [0.5, 0.6) is 0 Å². The van der Waals surface area contributed by atoms with Crippen LogP contribution >= 0.6 is 34.8 Å². The monoisotopic (exact) mass is 344 g/mol. The van der Waals surface area contributed by atoms with E-state index in [9.17, 15) is 4.79 Å². The summed E-state index contributed by atoms with van der Waals surface area (Å²) in [6, 6.07) is 6.37. The van der Waals surface area contributed by atoms with Crippen LogP contribution in [0.25, 0.3) is 0 Å². The van der Waals surface area contributed by atoms with Crippen LogP contribution in [0.1, 0.15) is 28.9 Å². The summed E-state index contributed by atoms with van der Waals surface area (Å²) in [6.07, 6.45) is 1.24. The number of hydrogen-bond donors (Lipinski definition) is 2. The smallest absolute Gasteiger partial charge is 0.337 e. The minimum Gasteiger partial charge on any atom is -0.478 e. The van der Waals surface area contributed by atoms with Crippen LogP contribution in [0.4, 0.5) is 5.82 Å². The number of carboxylic acid groups (broad SMARTS) is 1. The Labute approximate surface area is 136 Å². The molecule has 0 amide bonds. The number of rotatable bonds is 4. The highest BCUT2D eigenvalue weighted by atomic mass is 35.5. The van der Waals surface area contributed by atoms with Crippen molar-refractivity contribution in [1.82, 2.24) is 4.98 Å². The molecule has 0 aliphatic rings. The molecule has 0 radical (unpaired) electrons. The second kappa shape index (κ2) is 6.52. The second-order valence-corrected chi connectivity index (χ2v) is 5.64. The molecule has 0 fully saturated rings. The van der Waals surface area contributed by atoms with Gasteiger partial charge in [0.05, 0.1) is 16.6 Å². The molecule has 1 heterocycles. The highest BCUT2D eigenvalue weighted by Gasteiger charge is 2.14. The SMILES string of the molecule is CC(Nc1ncc(C(=O)O)cc1Cl)c1ccc(Cl)cc1Cl. The van der Waals surface area contributed by atoms with E-state index < -0.39 is 5.97 Å². The molecule has 0 bridgehead atoms. The van der Waals surface area contributed by atoms with Crippen LogP contribution in [0.15, 0.2) is 30.5 Å². The van der Waals surface area contributed by atoms with E-state index in [0.717, 1.165) is 5.56 Å². The average molecular weight is 346 g/mol. The van der Waals surface area contributed by atoms with E-state index >= 15 is 0 Å². The first kappa shape index (κ1) is 15.9. The van der Waals surface area contributed by atoms with Crippen LogP contribution < -0.4 is 5.32 Å². The van der Waals surface area contributed by atoms with E-state index in [1.165, 1.54) is 12.3 Å². The number of halogens is 3. The number of aromatic nitrogens is 1. The second-order valence-electron chi connectivity index (χ2n) is 4.39. The molecule has 2 aromatic rings. The van der Waals surface area contributed by atoms with Crippen molar-refractivity contribution in [3.8, 4) is 0 Å². The van der Waals surface area contributed by atoms with Gasteiger partial charge in [0.2, 0.25) is 0 Å². The number of carbonyl (C=O) groups is 1. The Morgan fingerprint density at radius 1 is 1.24 bits per heavy atom. The van der Waals surface area contributed by atoms with Crippen molar-refractivity contribution in [2.45, 2.75) is 13.0 Å². The molecule has 1 atom stereocenters. The molecule has 0 aliphatic carbocycles. The first-order valence-electron chi connectivity index (χ1n) is 5.99. The molecular weight excluding hydrogens is 335 g/mol. The predicted octanol–water partition coefficient (Wildman–Crippen LogP) is 4.91. The molecule has 110 valence electrons. The van der Waals surface area contributed by atoms with Crippen molar-refractivity contribution in [2.24, 2.45) is 0 Å². The zero-order chi connectivity index (χ0) is 15.6. The lowest BCUT2D eigenvalue weighted by Gasteiger charge is -2.17. The van der Waals surface area contributed by atoms with Crippen LogP contribution in [0.2, 0.25) is 15.1 Å². The molecule has 4 nitrogen and oxygen atoms in total. The van der Waals surface area contributed by atoms with Gasteiger partial charge in [0, 0.05) is 16.2 Å². The first-order valence-corrected chi connectivity index (χ1v) is 7.12. The Morgan fingerprint density at radius 2 is 1.95 bits per heavy atom. The van der Waals surface area contributed by atoms with E-state index in [4.69, 9.17) is 39.9 Å². The Morgan fingerprint density at radius 3 is 2.52 bits per heavy atom. The number of nitrogens with one attached hydrogen (secondary N) is 1. The van der Waals surface area contributed by atoms with E-state index in [2.05, 4.69) is 10.3 Å². The fourth-order valence-corrected chi connectivity index (χ4v) is 2.59. The molecule has 0 saturated carbocycles. The number of pyridine rings is 1. The Kier molecular flexibility index (Phi) is 4.93. The number of benzene rings is 1. The summed E-state index contributed by atoms with van der Waals surface area (Å²) in [7, 11) is 0. The fraction of sp³-hybridized carbons (Fsp3) is 0.143. The maximum atomic E-state index is 10.8. The number of hydrogen-bond acceptors (Lipinski definition) is 3. The van der Waals surface area contributed by atoms with Crippen molar-refractivity contribution in [2.75, 3.05) is 5.32 Å². The van der Waals surface area contributed by atoms with E-state index in [1.807, 2.05) is 13.0 Å². The van der Waals surface area contributed by atoms with Crippen LogP contribution in [0, 0.1) is 0 Å². The van der Waals surface area contributed by atoms with Gasteiger partial charge in [0.15, 0.2) is 0 Å². The molecule has 1 unspecified atom stereocenters. The quantitative estimate of drug-likeness (QED) is 0.826. The van der Waals surface area contributed by atoms with Gasteiger partial charge in [-0.3, -0.25) is 0 Å². The van der Waals surface area contributed by atoms with Crippen LogP contribution in [0.3, 0.4) is 0 Å². The van der Waals surface area contributed by atoms with Gasteiger partial charge in [0.1, 0.15) is 5.82 Å². The molecular formula is C14H11Cl3N2O2. The molecule has 2 rings (SSSR count). The van der Waals surface area contributed by atoms with Crippen molar-refractivity contribution >= 4 is 46.6 Å². The van der Waals surface area contributed by atoms with Crippen LogP contribution in [-0.2, 0) is 0 Å². The van der Waals surface area contributed by atoms with Gasteiger partial charge in [-0.2, -0.15) is 0 Å². The van der Waals surface area contributed by atoms with Crippen molar-refractivity contribution in [1.29, 1.82) is 0 Å². The fourth-order valence-electron chi connectivity index (χ4n) is 1.80. The third-order valence-electron chi connectivity index (χ3n) is 2.87. The summed E-state index contributed by atoms with van der Waals surface area (Å²) >= 11 is 18.0.